The normalized spacial score (nSPS) is 10.3. The number of rotatable bonds is 7. The highest BCUT2D eigenvalue weighted by Crippen LogP contribution is 2.11. The van der Waals surface area contributed by atoms with Crippen molar-refractivity contribution >= 4 is 28.4 Å². The van der Waals surface area contributed by atoms with E-state index in [2.05, 4.69) is 37.9 Å². The first-order valence-corrected chi connectivity index (χ1v) is 5.89. The summed E-state index contributed by atoms with van der Waals surface area (Å²) in [6.07, 6.45) is 4.26. The van der Waals surface area contributed by atoms with Crippen molar-refractivity contribution in [3.05, 3.63) is 16.1 Å². The lowest BCUT2D eigenvalue weighted by Gasteiger charge is -2.06. The predicted octanol–water partition coefficient (Wildman–Crippen LogP) is 0.858. The van der Waals surface area contributed by atoms with Crippen LogP contribution in [0.5, 0.6) is 0 Å². The summed E-state index contributed by atoms with van der Waals surface area (Å²) in [6.45, 7) is 2.78. The maximum Gasteiger partial charge on any atom is 0.142 e. The van der Waals surface area contributed by atoms with Crippen LogP contribution in [-0.2, 0) is 4.74 Å². The van der Waals surface area contributed by atoms with Gasteiger partial charge in [-0.05, 0) is 29.0 Å². The molecule has 5 nitrogen and oxygen atoms in total. The Morgan fingerprint density at radius 1 is 1.47 bits per heavy atom. The number of nitrogens with two attached hydrogens (primary N) is 1. The fourth-order valence-corrected chi connectivity index (χ4v) is 1.50. The molecule has 15 heavy (non-hydrogen) atoms. The lowest BCUT2D eigenvalue weighted by Crippen LogP contribution is -2.12. The molecule has 0 saturated heterocycles. The van der Waals surface area contributed by atoms with E-state index in [1.807, 2.05) is 0 Å². The van der Waals surface area contributed by atoms with E-state index < -0.39 is 0 Å². The topological polar surface area (TPSA) is 73.1 Å². The lowest BCUT2D eigenvalue weighted by atomic mass is 10.4. The van der Waals surface area contributed by atoms with E-state index in [1.54, 1.807) is 6.20 Å². The van der Waals surface area contributed by atoms with Gasteiger partial charge in [0.1, 0.15) is 12.1 Å². The number of halogens is 1. The molecule has 3 N–H and O–H groups in total. The van der Waals surface area contributed by atoms with Crippen molar-refractivity contribution in [3.8, 4) is 0 Å². The Morgan fingerprint density at radius 3 is 3.07 bits per heavy atom. The van der Waals surface area contributed by atoms with E-state index >= 15 is 0 Å². The molecule has 0 bridgehead atoms. The first-order chi connectivity index (χ1) is 7.34. The third kappa shape index (κ3) is 5.24. The summed E-state index contributed by atoms with van der Waals surface area (Å²) in [5, 5.41) is 3.22. The van der Waals surface area contributed by atoms with Crippen LogP contribution >= 0.6 is 22.6 Å². The Hall–Kier alpha value is -0.470. The summed E-state index contributed by atoms with van der Waals surface area (Å²) in [7, 11) is 0. The Kier molecular flexibility index (Phi) is 6.53. The summed E-state index contributed by atoms with van der Waals surface area (Å²) in [5.41, 5.74) is 5.30. The van der Waals surface area contributed by atoms with Gasteiger partial charge in [0, 0.05) is 25.9 Å². The van der Waals surface area contributed by atoms with Gasteiger partial charge in [-0.3, -0.25) is 0 Å². The fraction of sp³-hybridized carbons (Fsp3) is 0.556. The summed E-state index contributed by atoms with van der Waals surface area (Å²) in [6, 6.07) is 0. The first-order valence-electron chi connectivity index (χ1n) is 4.82. The molecule has 0 fully saturated rings. The molecule has 6 heteroatoms. The van der Waals surface area contributed by atoms with Crippen molar-refractivity contribution < 1.29 is 4.74 Å². The van der Waals surface area contributed by atoms with Gasteiger partial charge in [0.2, 0.25) is 0 Å². The van der Waals surface area contributed by atoms with Crippen molar-refractivity contribution in [2.24, 2.45) is 5.73 Å². The third-order valence-corrected chi connectivity index (χ3v) is 2.48. The second kappa shape index (κ2) is 7.77. The van der Waals surface area contributed by atoms with Gasteiger partial charge >= 0.3 is 0 Å². The number of ether oxygens (including phenoxy) is 1. The van der Waals surface area contributed by atoms with Gasteiger partial charge in [-0.1, -0.05) is 0 Å². The summed E-state index contributed by atoms with van der Waals surface area (Å²) < 4.78 is 6.28. The van der Waals surface area contributed by atoms with Crippen LogP contribution in [0.15, 0.2) is 12.5 Å². The Bertz CT molecular complexity index is 285. The zero-order valence-electron chi connectivity index (χ0n) is 8.45. The number of hydrogen-bond acceptors (Lipinski definition) is 5. The predicted molar refractivity (Wildman–Crippen MR) is 67.7 cm³/mol. The van der Waals surface area contributed by atoms with Crippen LogP contribution in [0.3, 0.4) is 0 Å². The van der Waals surface area contributed by atoms with E-state index in [1.165, 1.54) is 6.33 Å². The molecule has 1 aromatic heterocycles. The zero-order chi connectivity index (χ0) is 10.9. The minimum atomic E-state index is 0.581. The molecule has 1 aromatic rings. The van der Waals surface area contributed by atoms with Crippen molar-refractivity contribution in [3.63, 3.8) is 0 Å². The van der Waals surface area contributed by atoms with Crippen molar-refractivity contribution in [1.82, 2.24) is 9.97 Å². The van der Waals surface area contributed by atoms with E-state index in [9.17, 15) is 0 Å². The minimum Gasteiger partial charge on any atom is -0.380 e. The molecule has 0 atom stereocenters. The van der Waals surface area contributed by atoms with Gasteiger partial charge in [-0.15, -0.1) is 0 Å². The standard InChI is InChI=1S/C9H15IN4O/c10-8-6-12-7-14-9(8)13-3-1-4-15-5-2-11/h6-7H,1-5,11H2,(H,12,13,14). The van der Waals surface area contributed by atoms with Crippen molar-refractivity contribution in [2.45, 2.75) is 6.42 Å². The largest absolute Gasteiger partial charge is 0.380 e. The van der Waals surface area contributed by atoms with Gasteiger partial charge in [0.15, 0.2) is 0 Å². The minimum absolute atomic E-state index is 0.581. The van der Waals surface area contributed by atoms with E-state index in [0.717, 1.165) is 29.0 Å². The molecular weight excluding hydrogens is 307 g/mol. The van der Waals surface area contributed by atoms with E-state index in [0.29, 0.717) is 13.2 Å². The quantitative estimate of drug-likeness (QED) is 0.575. The number of nitrogens with zero attached hydrogens (tertiary/aromatic N) is 2. The Labute approximate surface area is 103 Å². The number of nitrogens with one attached hydrogen (secondary N) is 1. The van der Waals surface area contributed by atoms with Crippen LogP contribution < -0.4 is 11.1 Å². The zero-order valence-corrected chi connectivity index (χ0v) is 10.6. The Balaban J connectivity index is 2.12. The van der Waals surface area contributed by atoms with Crippen LogP contribution in [0.25, 0.3) is 0 Å². The van der Waals surface area contributed by atoms with Gasteiger partial charge in [-0.2, -0.15) is 0 Å². The smallest absolute Gasteiger partial charge is 0.142 e. The molecule has 1 heterocycles. The van der Waals surface area contributed by atoms with Gasteiger partial charge in [0.05, 0.1) is 10.2 Å². The molecular formula is C9H15IN4O. The molecule has 0 aliphatic heterocycles. The Morgan fingerprint density at radius 2 is 2.33 bits per heavy atom. The molecule has 84 valence electrons. The molecule has 0 saturated carbocycles. The molecule has 0 aliphatic rings. The van der Waals surface area contributed by atoms with Gasteiger partial charge < -0.3 is 15.8 Å². The van der Waals surface area contributed by atoms with E-state index in [-0.39, 0.29) is 0 Å². The van der Waals surface area contributed by atoms with Crippen molar-refractivity contribution in [1.29, 1.82) is 0 Å². The molecule has 0 aromatic carbocycles. The lowest BCUT2D eigenvalue weighted by molar-refractivity contribution is 0.141. The second-order valence-electron chi connectivity index (χ2n) is 2.90. The van der Waals surface area contributed by atoms with Crippen LogP contribution in [0, 0.1) is 3.57 Å². The second-order valence-corrected chi connectivity index (χ2v) is 4.06. The highest BCUT2D eigenvalue weighted by molar-refractivity contribution is 14.1. The number of aromatic nitrogens is 2. The maximum atomic E-state index is 5.30. The SMILES string of the molecule is NCCOCCCNc1ncncc1I. The summed E-state index contributed by atoms with van der Waals surface area (Å²) >= 11 is 2.20. The van der Waals surface area contributed by atoms with Crippen LogP contribution in [-0.4, -0.2) is 36.3 Å². The van der Waals surface area contributed by atoms with Crippen molar-refractivity contribution in [2.75, 3.05) is 31.6 Å². The third-order valence-electron chi connectivity index (χ3n) is 1.69. The average molecular weight is 322 g/mol. The monoisotopic (exact) mass is 322 g/mol. The summed E-state index contributed by atoms with van der Waals surface area (Å²) in [4.78, 5) is 8.04. The number of anilines is 1. The van der Waals surface area contributed by atoms with Crippen LogP contribution in [0.2, 0.25) is 0 Å². The average Bonchev–Trinajstić information content (AvgIpc) is 2.25. The summed E-state index contributed by atoms with van der Waals surface area (Å²) in [5.74, 6) is 0.879. The molecule has 0 amide bonds. The molecule has 0 aliphatic carbocycles. The van der Waals surface area contributed by atoms with Gasteiger partial charge in [-0.25, -0.2) is 9.97 Å². The highest BCUT2D eigenvalue weighted by atomic mass is 127. The molecule has 0 radical (unpaired) electrons. The number of hydrogen-bond donors (Lipinski definition) is 2. The van der Waals surface area contributed by atoms with Crippen LogP contribution in [0.1, 0.15) is 6.42 Å². The highest BCUT2D eigenvalue weighted by Gasteiger charge is 1.98. The molecule has 0 spiro atoms. The molecule has 0 unspecified atom stereocenters. The fourth-order valence-electron chi connectivity index (χ4n) is 1.01. The first kappa shape index (κ1) is 12.6. The molecule has 1 rings (SSSR count). The maximum absolute atomic E-state index is 5.30. The van der Waals surface area contributed by atoms with Gasteiger partial charge in [0.25, 0.3) is 0 Å². The van der Waals surface area contributed by atoms with Crippen LogP contribution in [0.4, 0.5) is 5.82 Å². The van der Waals surface area contributed by atoms with E-state index in [4.69, 9.17) is 10.5 Å².